The summed E-state index contributed by atoms with van der Waals surface area (Å²) < 4.78 is 37.5. The monoisotopic (exact) mass is 275 g/mol. The van der Waals surface area contributed by atoms with Gasteiger partial charge in [0.1, 0.15) is 0 Å². The van der Waals surface area contributed by atoms with Crippen molar-refractivity contribution in [1.82, 2.24) is 0 Å². The smallest absolute Gasteiger partial charge is 0.193 e. The Hall–Kier alpha value is -1.28. The lowest BCUT2D eigenvalue weighted by Crippen LogP contribution is -2.04. The van der Waals surface area contributed by atoms with E-state index in [4.69, 9.17) is 5.26 Å². The third kappa shape index (κ3) is 3.10. The normalized spacial score (nSPS) is 11.7. The topological polar surface area (TPSA) is 23.8 Å². The highest BCUT2D eigenvalue weighted by atomic mass is 79.9. The molecule has 0 spiro atoms. The van der Waals surface area contributed by atoms with E-state index >= 15 is 0 Å². The molecule has 0 fully saturated rings. The van der Waals surface area contributed by atoms with Crippen LogP contribution in [0, 0.1) is 11.3 Å². The number of rotatable bonds is 1. The van der Waals surface area contributed by atoms with Crippen LogP contribution in [0.2, 0.25) is 0 Å². The van der Waals surface area contributed by atoms with Crippen LogP contribution in [0.5, 0.6) is 0 Å². The van der Waals surface area contributed by atoms with Gasteiger partial charge in [-0.05, 0) is 29.8 Å². The van der Waals surface area contributed by atoms with Gasteiger partial charge in [-0.2, -0.15) is 18.4 Å². The summed E-state index contributed by atoms with van der Waals surface area (Å²) in [6.07, 6.45) is -1.92. The van der Waals surface area contributed by atoms with Crippen LogP contribution in [-0.2, 0) is 6.18 Å². The van der Waals surface area contributed by atoms with E-state index in [0.29, 0.717) is 10.0 Å². The van der Waals surface area contributed by atoms with Crippen LogP contribution < -0.4 is 0 Å². The molecule has 0 aliphatic carbocycles. The fraction of sp³-hybridized carbons (Fsp3) is 0.100. The zero-order valence-corrected chi connectivity index (χ0v) is 8.93. The zero-order valence-electron chi connectivity index (χ0n) is 7.35. The van der Waals surface area contributed by atoms with Crippen LogP contribution in [0.1, 0.15) is 11.1 Å². The minimum atomic E-state index is -4.37. The highest BCUT2D eigenvalue weighted by molar-refractivity contribution is 9.10. The van der Waals surface area contributed by atoms with Crippen molar-refractivity contribution < 1.29 is 13.2 Å². The number of halogens is 4. The fourth-order valence-electron chi connectivity index (χ4n) is 0.975. The molecule has 0 bridgehead atoms. The molecule has 0 amide bonds. The maximum absolute atomic E-state index is 12.3. The van der Waals surface area contributed by atoms with Crippen LogP contribution in [0.3, 0.4) is 0 Å². The standard InChI is InChI=1S/C10H5BrF3N/c11-9-4-3-8(10(12,13)14)6-7(9)2-1-5-15/h1-4,6H. The Bertz CT molecular complexity index is 429. The lowest BCUT2D eigenvalue weighted by Gasteiger charge is -2.08. The molecule has 0 heterocycles. The first-order valence-electron chi connectivity index (χ1n) is 3.88. The second-order valence-corrected chi connectivity index (χ2v) is 3.55. The molecule has 0 saturated heterocycles. The molecule has 0 radical (unpaired) electrons. The van der Waals surface area contributed by atoms with Gasteiger partial charge in [-0.25, -0.2) is 0 Å². The van der Waals surface area contributed by atoms with E-state index in [2.05, 4.69) is 15.9 Å². The van der Waals surface area contributed by atoms with Gasteiger partial charge >= 0.3 is 6.18 Å². The summed E-state index contributed by atoms with van der Waals surface area (Å²) in [5, 5.41) is 8.27. The molecular formula is C10H5BrF3N. The van der Waals surface area contributed by atoms with E-state index in [0.717, 1.165) is 18.2 Å². The summed E-state index contributed by atoms with van der Waals surface area (Å²) in [4.78, 5) is 0. The largest absolute Gasteiger partial charge is 0.416 e. The number of alkyl halides is 3. The third-order valence-corrected chi connectivity index (χ3v) is 2.38. The number of nitriles is 1. The molecule has 0 aliphatic heterocycles. The summed E-state index contributed by atoms with van der Waals surface area (Å²) in [7, 11) is 0. The molecule has 1 aromatic rings. The van der Waals surface area contributed by atoms with E-state index in [-0.39, 0.29) is 0 Å². The first-order chi connectivity index (χ1) is 6.95. The molecule has 78 valence electrons. The molecule has 0 aliphatic rings. The van der Waals surface area contributed by atoms with E-state index in [1.807, 2.05) is 0 Å². The van der Waals surface area contributed by atoms with Crippen molar-refractivity contribution in [3.63, 3.8) is 0 Å². The molecule has 0 aromatic heterocycles. The predicted molar refractivity (Wildman–Crippen MR) is 53.8 cm³/mol. The minimum absolute atomic E-state index is 0.325. The van der Waals surface area contributed by atoms with Gasteiger partial charge in [0.05, 0.1) is 11.6 Å². The number of nitrogens with zero attached hydrogens (tertiary/aromatic N) is 1. The van der Waals surface area contributed by atoms with Gasteiger partial charge in [0.25, 0.3) is 0 Å². The molecule has 1 rings (SSSR count). The summed E-state index contributed by atoms with van der Waals surface area (Å²) in [6.45, 7) is 0. The zero-order chi connectivity index (χ0) is 11.5. The van der Waals surface area contributed by atoms with Crippen molar-refractivity contribution in [2.45, 2.75) is 6.18 Å². The highest BCUT2D eigenvalue weighted by Crippen LogP contribution is 2.32. The van der Waals surface area contributed by atoms with Gasteiger partial charge in [-0.1, -0.05) is 15.9 Å². The van der Waals surface area contributed by atoms with Crippen LogP contribution in [0.25, 0.3) is 6.08 Å². The van der Waals surface area contributed by atoms with Crippen molar-refractivity contribution in [1.29, 1.82) is 5.26 Å². The molecule has 0 unspecified atom stereocenters. The number of benzene rings is 1. The fourth-order valence-corrected chi connectivity index (χ4v) is 1.35. The molecule has 1 aromatic carbocycles. The third-order valence-electron chi connectivity index (χ3n) is 1.66. The lowest BCUT2D eigenvalue weighted by atomic mass is 10.1. The van der Waals surface area contributed by atoms with Gasteiger partial charge in [-0.3, -0.25) is 0 Å². The van der Waals surface area contributed by atoms with Gasteiger partial charge in [-0.15, -0.1) is 0 Å². The number of hydrogen-bond donors (Lipinski definition) is 0. The second kappa shape index (κ2) is 4.49. The lowest BCUT2D eigenvalue weighted by molar-refractivity contribution is -0.137. The Labute approximate surface area is 93.0 Å². The predicted octanol–water partition coefficient (Wildman–Crippen LogP) is 4.00. The first kappa shape index (κ1) is 11.8. The van der Waals surface area contributed by atoms with E-state index < -0.39 is 11.7 Å². The van der Waals surface area contributed by atoms with Crippen molar-refractivity contribution in [2.24, 2.45) is 0 Å². The molecular weight excluding hydrogens is 271 g/mol. The summed E-state index contributed by atoms with van der Waals surface area (Å²) >= 11 is 3.10. The summed E-state index contributed by atoms with van der Waals surface area (Å²) in [5.41, 5.74) is -0.408. The van der Waals surface area contributed by atoms with Gasteiger partial charge < -0.3 is 0 Å². The van der Waals surface area contributed by atoms with Gasteiger partial charge in [0.15, 0.2) is 0 Å². The Balaban J connectivity index is 3.18. The number of allylic oxidation sites excluding steroid dienone is 1. The minimum Gasteiger partial charge on any atom is -0.193 e. The van der Waals surface area contributed by atoms with Gasteiger partial charge in [0.2, 0.25) is 0 Å². The SMILES string of the molecule is N#CC=Cc1cc(C(F)(F)F)ccc1Br. The molecule has 5 heteroatoms. The Kier molecular flexibility index (Phi) is 3.53. The maximum atomic E-state index is 12.3. The first-order valence-corrected chi connectivity index (χ1v) is 4.67. The molecule has 0 N–H and O–H groups in total. The molecule has 1 nitrogen and oxygen atoms in total. The molecule has 0 saturated carbocycles. The summed E-state index contributed by atoms with van der Waals surface area (Å²) in [5.74, 6) is 0. The Morgan fingerprint density at radius 2 is 2.00 bits per heavy atom. The average molecular weight is 276 g/mol. The quantitative estimate of drug-likeness (QED) is 0.711. The average Bonchev–Trinajstić information content (AvgIpc) is 2.15. The van der Waals surface area contributed by atoms with E-state index in [1.165, 1.54) is 12.1 Å². The van der Waals surface area contributed by atoms with Crippen LogP contribution in [0.4, 0.5) is 13.2 Å². The maximum Gasteiger partial charge on any atom is 0.416 e. The molecule has 15 heavy (non-hydrogen) atoms. The van der Waals surface area contributed by atoms with Crippen LogP contribution in [0.15, 0.2) is 28.7 Å². The van der Waals surface area contributed by atoms with E-state index in [9.17, 15) is 13.2 Å². The van der Waals surface area contributed by atoms with Crippen LogP contribution in [-0.4, -0.2) is 0 Å². The second-order valence-electron chi connectivity index (χ2n) is 2.70. The van der Waals surface area contributed by atoms with Crippen molar-refractivity contribution in [2.75, 3.05) is 0 Å². The van der Waals surface area contributed by atoms with Crippen molar-refractivity contribution >= 4 is 22.0 Å². The highest BCUT2D eigenvalue weighted by Gasteiger charge is 2.30. The van der Waals surface area contributed by atoms with E-state index in [1.54, 1.807) is 6.07 Å². The number of hydrogen-bond acceptors (Lipinski definition) is 1. The van der Waals surface area contributed by atoms with Crippen molar-refractivity contribution in [3.05, 3.63) is 39.9 Å². The Morgan fingerprint density at radius 3 is 2.53 bits per heavy atom. The van der Waals surface area contributed by atoms with Crippen molar-refractivity contribution in [3.8, 4) is 6.07 Å². The van der Waals surface area contributed by atoms with Gasteiger partial charge in [0, 0.05) is 10.5 Å². The molecule has 0 atom stereocenters. The summed E-state index contributed by atoms with van der Waals surface area (Å²) in [6, 6.07) is 4.99. The Morgan fingerprint density at radius 1 is 1.33 bits per heavy atom. The van der Waals surface area contributed by atoms with Crippen LogP contribution >= 0.6 is 15.9 Å².